The van der Waals surface area contributed by atoms with Crippen LogP contribution in [-0.2, 0) is 6.54 Å². The van der Waals surface area contributed by atoms with E-state index in [2.05, 4.69) is 15.3 Å². The normalized spacial score (nSPS) is 9.79. The number of hydrogen-bond acceptors (Lipinski definition) is 5. The van der Waals surface area contributed by atoms with Gasteiger partial charge in [0.1, 0.15) is 16.4 Å². The lowest BCUT2D eigenvalue weighted by Gasteiger charge is -1.90. The molecule has 0 spiro atoms. The highest BCUT2D eigenvalue weighted by Crippen LogP contribution is 2.21. The molecular weight excluding hydrogens is 238 g/mol. The first-order valence-electron chi connectivity index (χ1n) is 3.87. The van der Waals surface area contributed by atoms with E-state index in [1.165, 1.54) is 0 Å². The minimum atomic E-state index is 0. The van der Waals surface area contributed by atoms with Crippen molar-refractivity contribution < 1.29 is 0 Å². The molecule has 0 saturated heterocycles. The van der Waals surface area contributed by atoms with Gasteiger partial charge >= 0.3 is 0 Å². The molecule has 0 saturated carbocycles. The van der Waals surface area contributed by atoms with Gasteiger partial charge in [-0.1, -0.05) is 0 Å². The fourth-order valence-corrected chi connectivity index (χ4v) is 2.35. The Morgan fingerprint density at radius 2 is 2.21 bits per heavy atom. The summed E-state index contributed by atoms with van der Waals surface area (Å²) in [5.74, 6) is 0. The monoisotopic (exact) mass is 247 g/mol. The Labute approximate surface area is 96.6 Å². The summed E-state index contributed by atoms with van der Waals surface area (Å²) < 4.78 is 0. The van der Waals surface area contributed by atoms with Gasteiger partial charge in [-0.15, -0.1) is 35.1 Å². The number of rotatable bonds is 3. The van der Waals surface area contributed by atoms with E-state index in [4.69, 9.17) is 0 Å². The van der Waals surface area contributed by atoms with Crippen molar-refractivity contribution >= 4 is 35.1 Å². The molecular formula is C8H10ClN3S2. The third-order valence-corrected chi connectivity index (χ3v) is 3.01. The van der Waals surface area contributed by atoms with Crippen molar-refractivity contribution in [2.45, 2.75) is 6.54 Å². The molecule has 2 rings (SSSR count). The van der Waals surface area contributed by atoms with Gasteiger partial charge in [0.15, 0.2) is 0 Å². The highest BCUT2D eigenvalue weighted by molar-refractivity contribution is 7.10. The van der Waals surface area contributed by atoms with Gasteiger partial charge in [-0.2, -0.15) is 0 Å². The molecule has 0 aliphatic rings. The third-order valence-electron chi connectivity index (χ3n) is 1.57. The maximum absolute atomic E-state index is 4.44. The van der Waals surface area contributed by atoms with Crippen LogP contribution in [0.3, 0.4) is 0 Å². The number of nitrogens with one attached hydrogen (secondary N) is 1. The molecule has 2 aromatic heterocycles. The third kappa shape index (κ3) is 2.51. The lowest BCUT2D eigenvalue weighted by atomic mass is 10.4. The molecule has 0 aliphatic heterocycles. The minimum Gasteiger partial charge on any atom is -0.314 e. The SMILES string of the molecule is CNCc1nc(-c2cscn2)cs1.Cl. The van der Waals surface area contributed by atoms with E-state index in [0.29, 0.717) is 0 Å². The fourth-order valence-electron chi connectivity index (χ4n) is 1.000. The largest absolute Gasteiger partial charge is 0.314 e. The summed E-state index contributed by atoms with van der Waals surface area (Å²) in [4.78, 5) is 8.64. The zero-order valence-corrected chi connectivity index (χ0v) is 10.0. The Hall–Kier alpha value is -0.490. The molecule has 0 fully saturated rings. The minimum absolute atomic E-state index is 0. The van der Waals surface area contributed by atoms with Crippen LogP contribution in [0.25, 0.3) is 11.4 Å². The lowest BCUT2D eigenvalue weighted by molar-refractivity contribution is 0.810. The van der Waals surface area contributed by atoms with E-state index in [0.717, 1.165) is 22.9 Å². The predicted octanol–water partition coefficient (Wildman–Crippen LogP) is 2.41. The molecule has 0 aliphatic carbocycles. The topological polar surface area (TPSA) is 37.8 Å². The second-order valence-corrected chi connectivity index (χ2v) is 4.19. The molecule has 6 heteroatoms. The van der Waals surface area contributed by atoms with Crippen molar-refractivity contribution in [1.82, 2.24) is 15.3 Å². The van der Waals surface area contributed by atoms with E-state index in [1.54, 1.807) is 22.7 Å². The molecule has 14 heavy (non-hydrogen) atoms. The summed E-state index contributed by atoms with van der Waals surface area (Å²) in [6.07, 6.45) is 0. The van der Waals surface area contributed by atoms with Gasteiger partial charge in [-0.3, -0.25) is 0 Å². The summed E-state index contributed by atoms with van der Waals surface area (Å²) in [7, 11) is 1.92. The van der Waals surface area contributed by atoms with E-state index in [1.807, 2.05) is 23.3 Å². The van der Waals surface area contributed by atoms with E-state index < -0.39 is 0 Å². The Bertz CT molecular complexity index is 372. The first-order chi connectivity index (χ1) is 6.40. The molecule has 2 aromatic rings. The van der Waals surface area contributed by atoms with Crippen molar-refractivity contribution in [3.8, 4) is 11.4 Å². The van der Waals surface area contributed by atoms with E-state index >= 15 is 0 Å². The van der Waals surface area contributed by atoms with Gasteiger partial charge in [0.2, 0.25) is 0 Å². The number of nitrogens with zero attached hydrogens (tertiary/aromatic N) is 2. The summed E-state index contributed by atoms with van der Waals surface area (Å²) in [6, 6.07) is 0. The van der Waals surface area contributed by atoms with Gasteiger partial charge in [0.05, 0.1) is 5.51 Å². The number of hydrogen-bond donors (Lipinski definition) is 1. The van der Waals surface area contributed by atoms with Crippen LogP contribution in [0.15, 0.2) is 16.3 Å². The van der Waals surface area contributed by atoms with E-state index in [9.17, 15) is 0 Å². The summed E-state index contributed by atoms with van der Waals surface area (Å²) in [5.41, 5.74) is 3.78. The molecule has 0 bridgehead atoms. The van der Waals surface area contributed by atoms with Crippen molar-refractivity contribution in [3.63, 3.8) is 0 Å². The molecule has 76 valence electrons. The summed E-state index contributed by atoms with van der Waals surface area (Å²) in [5, 5.41) is 8.23. The standard InChI is InChI=1S/C8H9N3S2.ClH/c1-9-2-8-11-7(4-13-8)6-3-12-5-10-6;/h3-5,9H,2H2,1H3;1H. The molecule has 0 atom stereocenters. The second kappa shape index (κ2) is 5.41. The smallest absolute Gasteiger partial charge is 0.107 e. The second-order valence-electron chi connectivity index (χ2n) is 2.53. The fraction of sp³-hybridized carbons (Fsp3) is 0.250. The summed E-state index contributed by atoms with van der Waals surface area (Å²) in [6.45, 7) is 0.828. The van der Waals surface area contributed by atoms with Crippen LogP contribution >= 0.6 is 35.1 Å². The molecule has 0 amide bonds. The van der Waals surface area contributed by atoms with Crippen LogP contribution in [0.5, 0.6) is 0 Å². The predicted molar refractivity (Wildman–Crippen MR) is 63.2 cm³/mol. The van der Waals surface area contributed by atoms with Crippen molar-refractivity contribution in [1.29, 1.82) is 0 Å². The Kier molecular flexibility index (Phi) is 4.47. The quantitative estimate of drug-likeness (QED) is 0.905. The van der Waals surface area contributed by atoms with Crippen LogP contribution in [0.2, 0.25) is 0 Å². The van der Waals surface area contributed by atoms with Crippen LogP contribution < -0.4 is 5.32 Å². The molecule has 0 radical (unpaired) electrons. The maximum Gasteiger partial charge on any atom is 0.107 e. The van der Waals surface area contributed by atoms with Crippen LogP contribution in [0.4, 0.5) is 0 Å². The van der Waals surface area contributed by atoms with Crippen molar-refractivity contribution in [2.24, 2.45) is 0 Å². The molecule has 3 nitrogen and oxygen atoms in total. The Morgan fingerprint density at radius 1 is 1.36 bits per heavy atom. The van der Waals surface area contributed by atoms with Crippen molar-refractivity contribution in [3.05, 3.63) is 21.3 Å². The molecule has 0 aromatic carbocycles. The van der Waals surface area contributed by atoms with Gasteiger partial charge in [0.25, 0.3) is 0 Å². The number of aromatic nitrogens is 2. The number of halogens is 1. The average Bonchev–Trinajstić information content (AvgIpc) is 2.70. The zero-order valence-electron chi connectivity index (χ0n) is 7.56. The lowest BCUT2D eigenvalue weighted by Crippen LogP contribution is -2.04. The Morgan fingerprint density at radius 3 is 2.86 bits per heavy atom. The first kappa shape index (κ1) is 11.6. The molecule has 2 heterocycles. The molecule has 1 N–H and O–H groups in total. The van der Waals surface area contributed by atoms with Crippen molar-refractivity contribution in [2.75, 3.05) is 7.05 Å². The average molecular weight is 248 g/mol. The van der Waals surface area contributed by atoms with E-state index in [-0.39, 0.29) is 12.4 Å². The van der Waals surface area contributed by atoms with Gasteiger partial charge in [-0.25, -0.2) is 9.97 Å². The number of thiazole rings is 2. The van der Waals surface area contributed by atoms with Crippen LogP contribution in [0, 0.1) is 0 Å². The zero-order chi connectivity index (χ0) is 9.10. The first-order valence-corrected chi connectivity index (χ1v) is 5.70. The van der Waals surface area contributed by atoms with Crippen LogP contribution in [0.1, 0.15) is 5.01 Å². The van der Waals surface area contributed by atoms with Gasteiger partial charge in [-0.05, 0) is 7.05 Å². The highest BCUT2D eigenvalue weighted by atomic mass is 35.5. The highest BCUT2D eigenvalue weighted by Gasteiger charge is 2.04. The van der Waals surface area contributed by atoms with Crippen LogP contribution in [-0.4, -0.2) is 17.0 Å². The van der Waals surface area contributed by atoms with Gasteiger partial charge in [0, 0.05) is 17.3 Å². The van der Waals surface area contributed by atoms with Gasteiger partial charge < -0.3 is 5.32 Å². The summed E-state index contributed by atoms with van der Waals surface area (Å²) >= 11 is 3.26. The molecule has 0 unspecified atom stereocenters. The maximum atomic E-state index is 4.44. The Balaban J connectivity index is 0.000000980.